The molecule has 1 heterocycles. The first-order valence-corrected chi connectivity index (χ1v) is 7.97. The normalized spacial score (nSPS) is 11.7. The number of rotatable bonds is 3. The lowest BCUT2D eigenvalue weighted by Crippen LogP contribution is -2.15. The summed E-state index contributed by atoms with van der Waals surface area (Å²) in [6.45, 7) is 1.99. The van der Waals surface area contributed by atoms with Crippen LogP contribution in [-0.2, 0) is 17.1 Å². The second-order valence-corrected chi connectivity index (χ2v) is 6.59. The second kappa shape index (κ2) is 4.89. The van der Waals surface area contributed by atoms with Crippen molar-refractivity contribution in [3.8, 4) is 0 Å². The molecule has 0 amide bonds. The van der Waals surface area contributed by atoms with Crippen LogP contribution in [0.5, 0.6) is 0 Å². The lowest BCUT2D eigenvalue weighted by molar-refractivity contribution is 0.600. The molecule has 0 aliphatic heterocycles. The first-order chi connectivity index (χ1) is 9.97. The molecule has 0 atom stereocenters. The van der Waals surface area contributed by atoms with Gasteiger partial charge in [0.25, 0.3) is 10.0 Å². The van der Waals surface area contributed by atoms with E-state index in [0.717, 1.165) is 16.6 Å². The van der Waals surface area contributed by atoms with Crippen molar-refractivity contribution < 1.29 is 8.42 Å². The number of nitrogens with zero attached hydrogens (tertiary/aromatic N) is 2. The molecule has 1 N–H and O–H groups in total. The van der Waals surface area contributed by atoms with E-state index >= 15 is 0 Å². The van der Waals surface area contributed by atoms with Gasteiger partial charge in [0.2, 0.25) is 5.95 Å². The zero-order valence-electron chi connectivity index (χ0n) is 11.7. The highest BCUT2D eigenvalue weighted by Crippen LogP contribution is 2.21. The zero-order valence-corrected chi connectivity index (χ0v) is 12.6. The van der Waals surface area contributed by atoms with E-state index in [9.17, 15) is 8.42 Å². The number of aromatic nitrogens is 2. The van der Waals surface area contributed by atoms with Crippen molar-refractivity contribution in [1.29, 1.82) is 0 Å². The molecular weight excluding hydrogens is 286 g/mol. The highest BCUT2D eigenvalue weighted by Gasteiger charge is 2.17. The molecule has 0 fully saturated rings. The lowest BCUT2D eigenvalue weighted by Gasteiger charge is -2.07. The molecule has 0 bridgehead atoms. The fourth-order valence-electron chi connectivity index (χ4n) is 2.17. The summed E-state index contributed by atoms with van der Waals surface area (Å²) < 4.78 is 28.9. The minimum atomic E-state index is -3.63. The molecule has 0 aliphatic carbocycles. The van der Waals surface area contributed by atoms with E-state index in [1.807, 2.05) is 25.1 Å². The summed E-state index contributed by atoms with van der Waals surface area (Å²) in [6, 6.07) is 14.1. The van der Waals surface area contributed by atoms with Crippen LogP contribution in [0, 0.1) is 6.92 Å². The summed E-state index contributed by atoms with van der Waals surface area (Å²) >= 11 is 0. The summed E-state index contributed by atoms with van der Waals surface area (Å²) in [5.41, 5.74) is 2.75. The molecule has 3 aromatic rings. The smallest absolute Gasteiger partial charge is 0.264 e. The van der Waals surface area contributed by atoms with Crippen molar-refractivity contribution in [1.82, 2.24) is 9.55 Å². The van der Waals surface area contributed by atoms with Crippen molar-refractivity contribution in [2.24, 2.45) is 7.05 Å². The maximum atomic E-state index is 12.3. The maximum absolute atomic E-state index is 12.3. The lowest BCUT2D eigenvalue weighted by atomic mass is 10.2. The van der Waals surface area contributed by atoms with E-state index in [2.05, 4.69) is 9.71 Å². The van der Waals surface area contributed by atoms with Crippen molar-refractivity contribution in [2.45, 2.75) is 11.8 Å². The largest absolute Gasteiger partial charge is 0.313 e. The Labute approximate surface area is 123 Å². The molecule has 1 aromatic heterocycles. The Morgan fingerprint density at radius 2 is 1.81 bits per heavy atom. The summed E-state index contributed by atoms with van der Waals surface area (Å²) in [5.74, 6) is 0.305. The Kier molecular flexibility index (Phi) is 3.17. The van der Waals surface area contributed by atoms with Crippen LogP contribution in [0.1, 0.15) is 5.56 Å². The quantitative estimate of drug-likeness (QED) is 0.809. The van der Waals surface area contributed by atoms with Crippen LogP contribution >= 0.6 is 0 Å². The van der Waals surface area contributed by atoms with Crippen molar-refractivity contribution >= 4 is 27.0 Å². The standard InChI is InChI=1S/C15H15N3O2S/c1-11-8-9-13-14(10-11)18(2)15(16-13)17-21(19,20)12-6-4-3-5-7-12/h3-10H,1-2H3,(H,16,17). The molecule has 0 unspecified atom stereocenters. The monoisotopic (exact) mass is 301 g/mol. The fraction of sp³-hybridized carbons (Fsp3) is 0.133. The number of hydrogen-bond acceptors (Lipinski definition) is 3. The van der Waals surface area contributed by atoms with Crippen LogP contribution in [0.2, 0.25) is 0 Å². The molecule has 2 aromatic carbocycles. The van der Waals surface area contributed by atoms with E-state index in [1.165, 1.54) is 0 Å². The van der Waals surface area contributed by atoms with Crippen LogP contribution in [0.4, 0.5) is 5.95 Å². The predicted octanol–water partition coefficient (Wildman–Crippen LogP) is 2.68. The number of imidazole rings is 1. The van der Waals surface area contributed by atoms with Crippen LogP contribution in [-0.4, -0.2) is 18.0 Å². The molecule has 3 rings (SSSR count). The van der Waals surface area contributed by atoms with Crippen LogP contribution in [0.25, 0.3) is 11.0 Å². The first kappa shape index (κ1) is 13.6. The highest BCUT2D eigenvalue weighted by atomic mass is 32.2. The third kappa shape index (κ3) is 2.50. The fourth-order valence-corrected chi connectivity index (χ4v) is 3.23. The summed E-state index contributed by atoms with van der Waals surface area (Å²) in [5, 5.41) is 0. The van der Waals surface area contributed by atoms with Gasteiger partial charge in [-0.15, -0.1) is 0 Å². The molecule has 6 heteroatoms. The molecule has 108 valence electrons. The molecule has 0 saturated carbocycles. The van der Waals surface area contributed by atoms with Crippen LogP contribution in [0.3, 0.4) is 0 Å². The minimum Gasteiger partial charge on any atom is -0.313 e. The second-order valence-electron chi connectivity index (χ2n) is 4.91. The third-order valence-electron chi connectivity index (χ3n) is 3.32. The molecule has 5 nitrogen and oxygen atoms in total. The highest BCUT2D eigenvalue weighted by molar-refractivity contribution is 7.92. The Morgan fingerprint density at radius 3 is 2.52 bits per heavy atom. The predicted molar refractivity (Wildman–Crippen MR) is 82.7 cm³/mol. The zero-order chi connectivity index (χ0) is 15.0. The van der Waals surface area contributed by atoms with Gasteiger partial charge in [0.05, 0.1) is 15.9 Å². The molecule has 0 aliphatic rings. The van der Waals surface area contributed by atoms with E-state index < -0.39 is 10.0 Å². The Balaban J connectivity index is 2.04. The summed E-state index contributed by atoms with van der Waals surface area (Å²) in [6.07, 6.45) is 0. The molecule has 21 heavy (non-hydrogen) atoms. The number of fused-ring (bicyclic) bond motifs is 1. The van der Waals surface area contributed by atoms with Crippen molar-refractivity contribution in [2.75, 3.05) is 4.72 Å². The topological polar surface area (TPSA) is 64.0 Å². The van der Waals surface area contributed by atoms with Crippen molar-refractivity contribution in [3.05, 3.63) is 54.1 Å². The number of hydrogen-bond donors (Lipinski definition) is 1. The average molecular weight is 301 g/mol. The average Bonchev–Trinajstić information content (AvgIpc) is 2.76. The van der Waals surface area contributed by atoms with Gasteiger partial charge >= 0.3 is 0 Å². The van der Waals surface area contributed by atoms with Crippen LogP contribution in [0.15, 0.2) is 53.4 Å². The van der Waals surface area contributed by atoms with Crippen LogP contribution < -0.4 is 4.72 Å². The van der Waals surface area contributed by atoms with Crippen molar-refractivity contribution in [3.63, 3.8) is 0 Å². The Bertz CT molecular complexity index is 899. The molecule has 0 spiro atoms. The molecule has 0 saturated heterocycles. The Morgan fingerprint density at radius 1 is 1.10 bits per heavy atom. The van der Waals surface area contributed by atoms with Gasteiger partial charge in [-0.25, -0.2) is 18.1 Å². The first-order valence-electron chi connectivity index (χ1n) is 6.48. The number of aryl methyl sites for hydroxylation is 2. The SMILES string of the molecule is Cc1ccc2nc(NS(=O)(=O)c3ccccc3)n(C)c2c1. The van der Waals surface area contributed by atoms with Gasteiger partial charge in [-0.05, 0) is 36.8 Å². The van der Waals surface area contributed by atoms with Gasteiger partial charge in [-0.2, -0.15) is 0 Å². The van der Waals surface area contributed by atoms with Gasteiger partial charge in [-0.1, -0.05) is 24.3 Å². The van der Waals surface area contributed by atoms with E-state index in [-0.39, 0.29) is 4.90 Å². The van der Waals surface area contributed by atoms with Gasteiger partial charge in [-0.3, -0.25) is 0 Å². The number of nitrogens with one attached hydrogen (secondary N) is 1. The van der Waals surface area contributed by atoms with E-state index in [0.29, 0.717) is 5.95 Å². The van der Waals surface area contributed by atoms with Gasteiger partial charge in [0.15, 0.2) is 0 Å². The number of anilines is 1. The minimum absolute atomic E-state index is 0.216. The molecular formula is C15H15N3O2S. The Hall–Kier alpha value is -2.34. The summed E-state index contributed by atoms with van der Waals surface area (Å²) in [4.78, 5) is 4.55. The number of sulfonamides is 1. The molecule has 0 radical (unpaired) electrons. The van der Waals surface area contributed by atoms with E-state index in [4.69, 9.17) is 0 Å². The van der Waals surface area contributed by atoms with E-state index in [1.54, 1.807) is 41.9 Å². The van der Waals surface area contributed by atoms with Gasteiger partial charge in [0.1, 0.15) is 0 Å². The van der Waals surface area contributed by atoms with Gasteiger partial charge < -0.3 is 4.57 Å². The third-order valence-corrected chi connectivity index (χ3v) is 4.66. The number of benzene rings is 2. The maximum Gasteiger partial charge on any atom is 0.264 e. The van der Waals surface area contributed by atoms with Gasteiger partial charge in [0, 0.05) is 7.05 Å². The summed E-state index contributed by atoms with van der Waals surface area (Å²) in [7, 11) is -1.84.